The van der Waals surface area contributed by atoms with Crippen LogP contribution in [0.4, 0.5) is 0 Å². The van der Waals surface area contributed by atoms with Crippen molar-refractivity contribution in [2.45, 2.75) is 89.5 Å². The van der Waals surface area contributed by atoms with Gasteiger partial charge in [0.05, 0.1) is 25.2 Å². The van der Waals surface area contributed by atoms with Gasteiger partial charge in [-0.3, -0.25) is 4.79 Å². The van der Waals surface area contributed by atoms with Gasteiger partial charge in [0.2, 0.25) is 8.32 Å². The molecule has 2 heterocycles. The lowest BCUT2D eigenvalue weighted by molar-refractivity contribution is -0.192. The van der Waals surface area contributed by atoms with Crippen molar-refractivity contribution in [2.75, 3.05) is 13.7 Å². The Labute approximate surface area is 229 Å². The number of esters is 1. The second-order valence-electron chi connectivity index (χ2n) is 13.4. The zero-order valence-corrected chi connectivity index (χ0v) is 25.0. The number of hydrogen-bond donors (Lipinski definition) is 0. The van der Waals surface area contributed by atoms with Gasteiger partial charge in [0.1, 0.15) is 17.2 Å². The average Bonchev–Trinajstić information content (AvgIpc) is 3.68. The zero-order chi connectivity index (χ0) is 27.2. The van der Waals surface area contributed by atoms with E-state index in [4.69, 9.17) is 18.6 Å². The molecule has 0 aromatic heterocycles. The van der Waals surface area contributed by atoms with Gasteiger partial charge in [-0.15, -0.1) is 0 Å². The van der Waals surface area contributed by atoms with Crippen molar-refractivity contribution >= 4 is 14.3 Å². The molecule has 2 aliphatic heterocycles. The number of hydrogen-bond acceptors (Lipinski definition) is 5. The van der Waals surface area contributed by atoms with Gasteiger partial charge in [0.15, 0.2) is 0 Å². The Balaban J connectivity index is 1.21. The van der Waals surface area contributed by atoms with E-state index < -0.39 is 8.32 Å². The van der Waals surface area contributed by atoms with Crippen LogP contribution in [-0.4, -0.2) is 28.0 Å². The summed E-state index contributed by atoms with van der Waals surface area (Å²) >= 11 is 0. The van der Waals surface area contributed by atoms with E-state index >= 15 is 0 Å². The molecule has 2 atom stereocenters. The summed E-state index contributed by atoms with van der Waals surface area (Å²) in [7, 11) is -0.427. The summed E-state index contributed by atoms with van der Waals surface area (Å²) in [6.07, 6.45) is 7.69. The fourth-order valence-electron chi connectivity index (χ4n) is 5.98. The van der Waals surface area contributed by atoms with Crippen molar-refractivity contribution in [3.63, 3.8) is 0 Å². The van der Waals surface area contributed by atoms with Gasteiger partial charge in [-0.25, -0.2) is 0 Å². The van der Waals surface area contributed by atoms with Gasteiger partial charge in [-0.2, -0.15) is 0 Å². The van der Waals surface area contributed by atoms with E-state index in [1.165, 1.54) is 25.5 Å². The smallest absolute Gasteiger partial charge is 0.308 e. The first-order valence-corrected chi connectivity index (χ1v) is 17.1. The van der Waals surface area contributed by atoms with Gasteiger partial charge >= 0.3 is 5.97 Å². The summed E-state index contributed by atoms with van der Waals surface area (Å²) in [6.45, 7) is 12.1. The third kappa shape index (κ3) is 5.53. The molecule has 4 aliphatic rings. The lowest BCUT2D eigenvalue weighted by Gasteiger charge is -2.53. The van der Waals surface area contributed by atoms with Crippen molar-refractivity contribution in [3.8, 4) is 17.2 Å². The average molecular weight is 537 g/mol. The van der Waals surface area contributed by atoms with E-state index in [1.54, 1.807) is 0 Å². The summed E-state index contributed by atoms with van der Waals surface area (Å²) in [5, 5.41) is 0.137. The van der Waals surface area contributed by atoms with E-state index in [1.807, 2.05) is 30.3 Å². The standard InChI is InChI=1S/C32H44O5Si/c1-30(2,3)38(5,6)37-27-12-8-11-26(21-27)36-25-10-7-9-24(20-25)32-17-15-31(16-18-32,22-35-32)14-13-23-19-28(23)29(33)34-4/h7-12,20-21,23,28H,13-19,22H2,1-6H3. The number of methoxy groups -OCH3 is 1. The quantitative estimate of drug-likeness (QED) is 0.239. The largest absolute Gasteiger partial charge is 0.543 e. The van der Waals surface area contributed by atoms with Crippen LogP contribution in [0.1, 0.15) is 71.3 Å². The van der Waals surface area contributed by atoms with Crippen molar-refractivity contribution in [1.29, 1.82) is 0 Å². The molecule has 2 aromatic rings. The lowest BCUT2D eigenvalue weighted by atomic mass is 9.62. The minimum absolute atomic E-state index is 0.0352. The van der Waals surface area contributed by atoms with Crippen LogP contribution >= 0.6 is 0 Å². The second-order valence-corrected chi connectivity index (χ2v) is 18.1. The molecule has 0 amide bonds. The van der Waals surface area contributed by atoms with Gasteiger partial charge in [-0.05, 0) is 104 Å². The molecule has 6 rings (SSSR count). The molecule has 0 radical (unpaired) electrons. The van der Waals surface area contributed by atoms with Crippen LogP contribution in [0.3, 0.4) is 0 Å². The number of fused-ring (bicyclic) bond motifs is 3. The van der Waals surface area contributed by atoms with E-state index in [0.29, 0.717) is 5.92 Å². The van der Waals surface area contributed by atoms with Gasteiger partial charge in [0.25, 0.3) is 0 Å². The van der Waals surface area contributed by atoms with Crippen molar-refractivity contribution < 1.29 is 23.4 Å². The first kappa shape index (κ1) is 27.3. The van der Waals surface area contributed by atoms with E-state index in [9.17, 15) is 4.79 Å². The normalized spacial score (nSPS) is 28.6. The van der Waals surface area contributed by atoms with Gasteiger partial charge in [0, 0.05) is 6.07 Å². The molecule has 2 saturated heterocycles. The number of carbonyl (C=O) groups excluding carboxylic acids is 1. The highest BCUT2D eigenvalue weighted by molar-refractivity contribution is 6.74. The lowest BCUT2D eigenvalue weighted by Crippen LogP contribution is -2.49. The molecule has 206 valence electrons. The van der Waals surface area contributed by atoms with E-state index in [-0.39, 0.29) is 27.9 Å². The van der Waals surface area contributed by atoms with Gasteiger partial charge in [-0.1, -0.05) is 39.0 Å². The SMILES string of the molecule is COC(=O)C1CC1CCC12CCC(c3cccc(Oc4cccc(O[Si](C)(C)C(C)(C)C)c4)c3)(CC1)OC2. The highest BCUT2D eigenvalue weighted by atomic mass is 28.4. The molecule has 0 spiro atoms. The van der Waals surface area contributed by atoms with Gasteiger partial charge < -0.3 is 18.6 Å². The maximum Gasteiger partial charge on any atom is 0.308 e. The molecule has 5 nitrogen and oxygen atoms in total. The molecule has 2 aliphatic carbocycles. The number of benzene rings is 2. The molecule has 2 aromatic carbocycles. The fraction of sp³-hybridized carbons (Fsp3) is 0.594. The molecule has 2 bridgehead atoms. The summed E-state index contributed by atoms with van der Waals surface area (Å²) < 4.78 is 24.4. The molecule has 4 fully saturated rings. The second kappa shape index (κ2) is 10.0. The number of rotatable bonds is 9. The minimum Gasteiger partial charge on any atom is -0.543 e. The van der Waals surface area contributed by atoms with Crippen LogP contribution in [-0.2, 0) is 19.9 Å². The van der Waals surface area contributed by atoms with Crippen LogP contribution in [0.5, 0.6) is 17.2 Å². The number of ether oxygens (including phenoxy) is 3. The molecule has 6 heteroatoms. The van der Waals surface area contributed by atoms with Crippen molar-refractivity contribution in [3.05, 3.63) is 54.1 Å². The zero-order valence-electron chi connectivity index (χ0n) is 24.0. The summed E-state index contributed by atoms with van der Waals surface area (Å²) in [4.78, 5) is 11.8. The van der Waals surface area contributed by atoms with E-state index in [2.05, 4.69) is 52.1 Å². The van der Waals surface area contributed by atoms with Crippen molar-refractivity contribution in [2.24, 2.45) is 17.3 Å². The number of carbonyl (C=O) groups is 1. The third-order valence-electron chi connectivity index (χ3n) is 9.83. The predicted octanol–water partition coefficient (Wildman–Crippen LogP) is 8.24. The van der Waals surface area contributed by atoms with Crippen LogP contribution < -0.4 is 9.16 Å². The highest BCUT2D eigenvalue weighted by Crippen LogP contribution is 2.57. The van der Waals surface area contributed by atoms with Crippen molar-refractivity contribution in [1.82, 2.24) is 0 Å². The summed E-state index contributed by atoms with van der Waals surface area (Å²) in [5.74, 6) is 3.08. The minimum atomic E-state index is -1.92. The molecule has 38 heavy (non-hydrogen) atoms. The Morgan fingerprint density at radius 1 is 1.00 bits per heavy atom. The monoisotopic (exact) mass is 536 g/mol. The maximum absolute atomic E-state index is 11.8. The Bertz CT molecular complexity index is 1140. The molecule has 2 unspecified atom stereocenters. The van der Waals surface area contributed by atoms with Crippen LogP contribution in [0.15, 0.2) is 48.5 Å². The molecule has 2 saturated carbocycles. The predicted molar refractivity (Wildman–Crippen MR) is 152 cm³/mol. The topological polar surface area (TPSA) is 54.0 Å². The Morgan fingerprint density at radius 2 is 1.66 bits per heavy atom. The first-order valence-electron chi connectivity index (χ1n) is 14.2. The summed E-state index contributed by atoms with van der Waals surface area (Å²) in [6, 6.07) is 16.5. The Hall–Kier alpha value is -2.31. The van der Waals surface area contributed by atoms with Crippen LogP contribution in [0.2, 0.25) is 18.1 Å². The molecule has 0 N–H and O–H groups in total. The summed E-state index contributed by atoms with van der Waals surface area (Å²) in [5.41, 5.74) is 1.26. The maximum atomic E-state index is 11.8. The van der Waals surface area contributed by atoms with E-state index in [0.717, 1.165) is 56.0 Å². The highest BCUT2D eigenvalue weighted by Gasteiger charge is 2.52. The Kier molecular flexibility index (Phi) is 7.19. The van der Waals surface area contributed by atoms with Crippen LogP contribution in [0.25, 0.3) is 0 Å². The molecular weight excluding hydrogens is 492 g/mol. The first-order chi connectivity index (χ1) is 17.9. The Morgan fingerprint density at radius 3 is 2.29 bits per heavy atom. The van der Waals surface area contributed by atoms with Crippen LogP contribution in [0, 0.1) is 17.3 Å². The molecular formula is C32H44O5Si. The fourth-order valence-corrected chi connectivity index (χ4v) is 7.01. The third-order valence-corrected chi connectivity index (χ3v) is 14.2.